The Bertz CT molecular complexity index is 1270. The number of carbonyl (C=O) groups is 1. The predicted molar refractivity (Wildman–Crippen MR) is 135 cm³/mol. The number of halogens is 3. The monoisotopic (exact) mass is 532 g/mol. The van der Waals surface area contributed by atoms with Crippen molar-refractivity contribution >= 4 is 22.5 Å². The summed E-state index contributed by atoms with van der Waals surface area (Å²) < 4.78 is 51.7. The van der Waals surface area contributed by atoms with Crippen molar-refractivity contribution in [2.75, 3.05) is 32.5 Å². The number of nitrogens with zero attached hydrogens (tertiary/aromatic N) is 2. The summed E-state index contributed by atoms with van der Waals surface area (Å²) >= 11 is 0. The molecule has 4 N–H and O–H groups in total. The molecule has 204 valence electrons. The van der Waals surface area contributed by atoms with E-state index in [1.54, 1.807) is 18.8 Å². The topological polar surface area (TPSA) is 110 Å². The predicted octanol–water partition coefficient (Wildman–Crippen LogP) is 4.23. The summed E-state index contributed by atoms with van der Waals surface area (Å²) in [5.74, 6) is -3.92. The molecule has 1 fully saturated rings. The fourth-order valence-electron chi connectivity index (χ4n) is 5.12. The first kappa shape index (κ1) is 27.5. The van der Waals surface area contributed by atoms with Crippen LogP contribution in [0.3, 0.4) is 0 Å². The number of anilines is 1. The third kappa shape index (κ3) is 6.28. The van der Waals surface area contributed by atoms with Crippen molar-refractivity contribution in [2.24, 2.45) is 5.92 Å². The molecule has 8 nitrogen and oxygen atoms in total. The highest BCUT2D eigenvalue weighted by molar-refractivity contribution is 5.87. The van der Waals surface area contributed by atoms with E-state index in [2.05, 4.69) is 9.88 Å². The van der Waals surface area contributed by atoms with E-state index in [-0.39, 0.29) is 18.6 Å². The second-order valence-electron chi connectivity index (χ2n) is 9.40. The van der Waals surface area contributed by atoms with Crippen LogP contribution in [0.1, 0.15) is 31.2 Å². The van der Waals surface area contributed by atoms with Crippen molar-refractivity contribution in [3.05, 3.63) is 59.5 Å². The molecule has 0 bridgehead atoms. The van der Waals surface area contributed by atoms with Gasteiger partial charge in [0.1, 0.15) is 18.2 Å². The number of hydrogen-bond donors (Lipinski definition) is 3. The lowest BCUT2D eigenvalue weighted by molar-refractivity contribution is -0.135. The molecular formula is C27H31F3N4O4. The van der Waals surface area contributed by atoms with Gasteiger partial charge in [0.05, 0.1) is 24.5 Å². The maximum Gasteiger partial charge on any atom is 0.246 e. The Morgan fingerprint density at radius 2 is 2.00 bits per heavy atom. The summed E-state index contributed by atoms with van der Waals surface area (Å²) in [7, 11) is 1.60. The summed E-state index contributed by atoms with van der Waals surface area (Å²) in [4.78, 5) is 18.6. The minimum atomic E-state index is -1.10. The Morgan fingerprint density at radius 3 is 2.71 bits per heavy atom. The van der Waals surface area contributed by atoms with Gasteiger partial charge in [0.15, 0.2) is 17.4 Å². The number of ether oxygens (including phenoxy) is 2. The summed E-state index contributed by atoms with van der Waals surface area (Å²) in [6.07, 6.45) is 4.79. The van der Waals surface area contributed by atoms with E-state index in [0.717, 1.165) is 22.9 Å². The number of nitrogen functional groups attached to an aromatic ring is 1. The molecule has 0 spiro atoms. The minimum absolute atomic E-state index is 0.0193. The number of piperidine rings is 1. The van der Waals surface area contributed by atoms with Crippen molar-refractivity contribution in [2.45, 2.75) is 38.1 Å². The van der Waals surface area contributed by atoms with Gasteiger partial charge >= 0.3 is 0 Å². The first-order valence-corrected chi connectivity index (χ1v) is 12.5. The molecule has 1 saturated heterocycles. The van der Waals surface area contributed by atoms with Gasteiger partial charge in [-0.1, -0.05) is 0 Å². The van der Waals surface area contributed by atoms with E-state index in [1.165, 1.54) is 0 Å². The number of benzene rings is 2. The van der Waals surface area contributed by atoms with Crippen LogP contribution in [0.25, 0.3) is 10.9 Å². The fraction of sp³-hybridized carbons (Fsp3) is 0.407. The average molecular weight is 533 g/mol. The molecule has 38 heavy (non-hydrogen) atoms. The highest BCUT2D eigenvalue weighted by atomic mass is 19.1. The second-order valence-corrected chi connectivity index (χ2v) is 9.40. The highest BCUT2D eigenvalue weighted by Crippen LogP contribution is 2.30. The van der Waals surface area contributed by atoms with E-state index < -0.39 is 29.1 Å². The first-order valence-electron chi connectivity index (χ1n) is 12.5. The largest absolute Gasteiger partial charge is 0.497 e. The number of fused-ring (bicyclic) bond motifs is 1. The number of aryl methyl sites for hydroxylation is 1. The van der Waals surface area contributed by atoms with Crippen LogP contribution < -0.4 is 20.7 Å². The van der Waals surface area contributed by atoms with Crippen LogP contribution >= 0.6 is 0 Å². The molecule has 2 atom stereocenters. The van der Waals surface area contributed by atoms with Crippen LogP contribution in [0.4, 0.5) is 18.9 Å². The van der Waals surface area contributed by atoms with E-state index >= 15 is 0 Å². The molecule has 1 amide bonds. The van der Waals surface area contributed by atoms with Gasteiger partial charge < -0.3 is 15.2 Å². The summed E-state index contributed by atoms with van der Waals surface area (Å²) in [5.41, 5.74) is 10.4. The van der Waals surface area contributed by atoms with Gasteiger partial charge in [0.2, 0.25) is 5.91 Å². The fourth-order valence-corrected chi connectivity index (χ4v) is 5.12. The number of methoxy groups -OCH3 is 1. The Hall–Kier alpha value is -3.57. The van der Waals surface area contributed by atoms with E-state index in [0.29, 0.717) is 62.3 Å². The first-order chi connectivity index (χ1) is 18.3. The Morgan fingerprint density at radius 1 is 1.24 bits per heavy atom. The molecule has 1 aromatic heterocycles. The van der Waals surface area contributed by atoms with Gasteiger partial charge in [-0.25, -0.2) is 18.7 Å². The lowest BCUT2D eigenvalue weighted by Crippen LogP contribution is -2.47. The maximum atomic E-state index is 13.9. The quantitative estimate of drug-likeness (QED) is 0.265. The van der Waals surface area contributed by atoms with Gasteiger partial charge in [0, 0.05) is 36.0 Å². The molecule has 2 aromatic carbocycles. The van der Waals surface area contributed by atoms with Gasteiger partial charge in [-0.05, 0) is 62.4 Å². The number of hydrogen-bond acceptors (Lipinski definition) is 7. The summed E-state index contributed by atoms with van der Waals surface area (Å²) in [6.45, 7) is 0.874. The van der Waals surface area contributed by atoms with Crippen LogP contribution in [0, 0.1) is 23.4 Å². The Labute approximate surface area is 218 Å². The number of likely N-dealkylation sites (tertiary alicyclic amines) is 1. The smallest absolute Gasteiger partial charge is 0.246 e. The molecule has 0 aliphatic carbocycles. The minimum Gasteiger partial charge on any atom is -0.497 e. The van der Waals surface area contributed by atoms with Gasteiger partial charge in [-0.3, -0.25) is 19.9 Å². The van der Waals surface area contributed by atoms with Crippen LogP contribution in [0.15, 0.2) is 36.5 Å². The molecule has 2 heterocycles. The van der Waals surface area contributed by atoms with Gasteiger partial charge in [-0.2, -0.15) is 0 Å². The second kappa shape index (κ2) is 12.3. The van der Waals surface area contributed by atoms with E-state index in [9.17, 15) is 18.0 Å². The van der Waals surface area contributed by atoms with Gasteiger partial charge in [0.25, 0.3) is 0 Å². The number of nitrogens with one attached hydrogen (secondary N) is 1. The number of aromatic nitrogens is 1. The third-order valence-electron chi connectivity index (χ3n) is 7.09. The van der Waals surface area contributed by atoms with Crippen molar-refractivity contribution in [1.29, 1.82) is 0 Å². The van der Waals surface area contributed by atoms with Crippen LogP contribution in [-0.4, -0.2) is 53.8 Å². The van der Waals surface area contributed by atoms with Crippen molar-refractivity contribution in [1.82, 2.24) is 15.4 Å². The number of rotatable bonds is 10. The number of hydroxylamine groups is 1. The molecule has 1 aliphatic rings. The molecule has 2 unspecified atom stereocenters. The Kier molecular flexibility index (Phi) is 8.90. The molecular weight excluding hydrogens is 501 g/mol. The molecule has 4 rings (SSSR count). The van der Waals surface area contributed by atoms with Crippen molar-refractivity contribution < 1.29 is 32.6 Å². The number of carbonyl (C=O) groups excluding carboxylic acids is 1. The molecule has 0 saturated carbocycles. The summed E-state index contributed by atoms with van der Waals surface area (Å²) in [6, 6.07) is 6.74. The number of amides is 1. The van der Waals surface area contributed by atoms with Crippen molar-refractivity contribution in [3.63, 3.8) is 0 Å². The van der Waals surface area contributed by atoms with Crippen LogP contribution in [0.5, 0.6) is 11.5 Å². The van der Waals surface area contributed by atoms with Crippen LogP contribution in [0.2, 0.25) is 0 Å². The summed E-state index contributed by atoms with van der Waals surface area (Å²) in [5, 5.41) is 10.0. The zero-order chi connectivity index (χ0) is 27.2. The van der Waals surface area contributed by atoms with Crippen LogP contribution in [-0.2, 0) is 11.2 Å². The lowest BCUT2D eigenvalue weighted by Gasteiger charge is -2.39. The maximum absolute atomic E-state index is 13.9. The number of nitrogens with two attached hydrogens (primary N) is 1. The Balaban J connectivity index is 1.43. The molecule has 1 aliphatic heterocycles. The SMILES string of the molecule is COc1ccc2ncc(N)c(CCCC3CC(C(=O)NO)CCN3CCOc3c(F)cc(F)cc3F)c2c1. The molecule has 11 heteroatoms. The van der Waals surface area contributed by atoms with E-state index in [4.69, 9.17) is 20.4 Å². The van der Waals surface area contributed by atoms with Gasteiger partial charge in [-0.15, -0.1) is 0 Å². The molecule has 3 aromatic rings. The lowest BCUT2D eigenvalue weighted by atomic mass is 9.87. The normalized spacial score (nSPS) is 17.9. The highest BCUT2D eigenvalue weighted by Gasteiger charge is 2.32. The average Bonchev–Trinajstić information content (AvgIpc) is 2.91. The third-order valence-corrected chi connectivity index (χ3v) is 7.09. The zero-order valence-electron chi connectivity index (χ0n) is 21.1. The zero-order valence-corrected chi connectivity index (χ0v) is 21.1. The van der Waals surface area contributed by atoms with Crippen molar-refractivity contribution in [3.8, 4) is 11.5 Å². The van der Waals surface area contributed by atoms with E-state index in [1.807, 2.05) is 18.2 Å². The number of pyridine rings is 1. The molecule has 0 radical (unpaired) electrons. The standard InChI is InChI=1S/C27H31F3N4O4/c1-37-19-5-6-25-21(14-19)20(24(31)15-32-25)4-2-3-18-11-16(27(35)33-36)7-8-34(18)9-10-38-26-22(29)12-17(28)13-23(26)30/h5-6,12-16,18,36H,2-4,7-11,31H2,1H3,(H,33,35).